The summed E-state index contributed by atoms with van der Waals surface area (Å²) in [5, 5.41) is 0. The number of nitrogens with two attached hydrogens (primary N) is 1. The summed E-state index contributed by atoms with van der Waals surface area (Å²) in [6.07, 6.45) is 3.53. The van der Waals surface area contributed by atoms with E-state index in [1.165, 1.54) is 41.9 Å². The summed E-state index contributed by atoms with van der Waals surface area (Å²) in [6.45, 7) is 3.84. The molecule has 2 heterocycles. The first-order valence-electron chi connectivity index (χ1n) is 10.9. The maximum absolute atomic E-state index is 6.15. The molecule has 0 radical (unpaired) electrons. The van der Waals surface area contributed by atoms with Crippen LogP contribution in [0.5, 0.6) is 5.75 Å². The average molecular weight is 472 g/mol. The molecule has 5 rings (SSSR count). The van der Waals surface area contributed by atoms with Crippen LogP contribution >= 0.6 is 24.8 Å². The molecule has 0 aromatic heterocycles. The zero-order valence-corrected chi connectivity index (χ0v) is 19.8. The number of ether oxygens (including phenoxy) is 1. The Morgan fingerprint density at radius 1 is 0.906 bits per heavy atom. The molecule has 0 spiro atoms. The Morgan fingerprint density at radius 2 is 1.69 bits per heavy atom. The van der Waals surface area contributed by atoms with Gasteiger partial charge in [-0.05, 0) is 61.7 Å². The smallest absolute Gasteiger partial charge is 0.143 e. The van der Waals surface area contributed by atoms with Crippen LogP contribution in [0.2, 0.25) is 0 Å². The maximum Gasteiger partial charge on any atom is 0.143 e. The Kier molecular flexibility index (Phi) is 8.30. The third kappa shape index (κ3) is 5.15. The Labute approximate surface area is 203 Å². The average Bonchev–Trinajstić information content (AvgIpc) is 3.15. The number of hydrogen-bond donors (Lipinski definition) is 1. The van der Waals surface area contributed by atoms with Gasteiger partial charge in [0.2, 0.25) is 0 Å². The zero-order chi connectivity index (χ0) is 20.3. The molecule has 3 aromatic rings. The molecular formula is C26H31Cl2N3O. The third-order valence-corrected chi connectivity index (χ3v) is 6.35. The molecule has 0 amide bonds. The SMILES string of the molecule is Cl.Cl.Nc1cccc(CCN2CCC[C@@H]2CN2c3ccccc3COc3ccccc32)c1. The molecule has 0 bridgehead atoms. The summed E-state index contributed by atoms with van der Waals surface area (Å²) in [7, 11) is 0. The van der Waals surface area contributed by atoms with Gasteiger partial charge in [0.05, 0.1) is 5.69 Å². The van der Waals surface area contributed by atoms with E-state index >= 15 is 0 Å². The van der Waals surface area contributed by atoms with Crippen LogP contribution in [0.25, 0.3) is 0 Å². The van der Waals surface area contributed by atoms with Crippen LogP contribution in [0, 0.1) is 0 Å². The predicted molar refractivity (Wildman–Crippen MR) is 138 cm³/mol. The second-order valence-electron chi connectivity index (χ2n) is 8.32. The highest BCUT2D eigenvalue weighted by Crippen LogP contribution is 2.40. The lowest BCUT2D eigenvalue weighted by molar-refractivity contribution is 0.261. The molecule has 4 nitrogen and oxygen atoms in total. The number of nitrogen functional groups attached to an aromatic ring is 1. The van der Waals surface area contributed by atoms with Gasteiger partial charge >= 0.3 is 0 Å². The van der Waals surface area contributed by atoms with Gasteiger partial charge in [0.25, 0.3) is 0 Å². The molecule has 0 aliphatic carbocycles. The Balaban J connectivity index is 0.00000144. The summed E-state index contributed by atoms with van der Waals surface area (Å²) in [4.78, 5) is 5.13. The molecule has 0 saturated carbocycles. The zero-order valence-electron chi connectivity index (χ0n) is 18.2. The van der Waals surface area contributed by atoms with Crippen LogP contribution in [0.15, 0.2) is 72.8 Å². The molecule has 170 valence electrons. The quantitative estimate of drug-likeness (QED) is 0.473. The van der Waals surface area contributed by atoms with E-state index in [2.05, 4.69) is 76.5 Å². The van der Waals surface area contributed by atoms with Crippen LogP contribution in [-0.2, 0) is 13.0 Å². The van der Waals surface area contributed by atoms with E-state index in [-0.39, 0.29) is 24.8 Å². The van der Waals surface area contributed by atoms with Crippen molar-refractivity contribution >= 4 is 41.9 Å². The fourth-order valence-corrected chi connectivity index (χ4v) is 4.81. The fourth-order valence-electron chi connectivity index (χ4n) is 4.81. The summed E-state index contributed by atoms with van der Waals surface area (Å²) >= 11 is 0. The van der Waals surface area contributed by atoms with Gasteiger partial charge in [-0.15, -0.1) is 24.8 Å². The summed E-state index contributed by atoms with van der Waals surface area (Å²) < 4.78 is 6.15. The Bertz CT molecular complexity index is 982. The van der Waals surface area contributed by atoms with Crippen molar-refractivity contribution in [1.82, 2.24) is 4.90 Å². The van der Waals surface area contributed by atoms with E-state index in [1.54, 1.807) is 0 Å². The van der Waals surface area contributed by atoms with Crippen LogP contribution in [0.1, 0.15) is 24.0 Å². The van der Waals surface area contributed by atoms with Gasteiger partial charge in [-0.1, -0.05) is 42.5 Å². The molecule has 2 aliphatic rings. The van der Waals surface area contributed by atoms with Gasteiger partial charge in [0.1, 0.15) is 12.4 Å². The Morgan fingerprint density at radius 3 is 2.53 bits per heavy atom. The van der Waals surface area contributed by atoms with Crippen LogP contribution in [0.4, 0.5) is 17.1 Å². The number of likely N-dealkylation sites (tertiary alicyclic amines) is 1. The molecule has 2 N–H and O–H groups in total. The van der Waals surface area contributed by atoms with E-state index in [9.17, 15) is 0 Å². The number of fused-ring (bicyclic) bond motifs is 2. The number of halogens is 2. The normalized spacial score (nSPS) is 17.2. The number of hydrogen-bond acceptors (Lipinski definition) is 4. The summed E-state index contributed by atoms with van der Waals surface area (Å²) in [6, 6.07) is 25.9. The summed E-state index contributed by atoms with van der Waals surface area (Å²) in [5.74, 6) is 0.970. The first-order valence-corrected chi connectivity index (χ1v) is 10.9. The molecule has 1 fully saturated rings. The highest BCUT2D eigenvalue weighted by atomic mass is 35.5. The lowest BCUT2D eigenvalue weighted by atomic mass is 10.1. The van der Waals surface area contributed by atoms with E-state index < -0.39 is 0 Å². The van der Waals surface area contributed by atoms with Crippen LogP contribution in [-0.4, -0.2) is 30.6 Å². The monoisotopic (exact) mass is 471 g/mol. The highest BCUT2D eigenvalue weighted by molar-refractivity contribution is 5.85. The molecule has 1 atom stereocenters. The number of benzene rings is 3. The molecule has 6 heteroatoms. The van der Waals surface area contributed by atoms with Gasteiger partial charge in [0, 0.05) is 36.1 Å². The predicted octanol–water partition coefficient (Wildman–Crippen LogP) is 5.85. The lowest BCUT2D eigenvalue weighted by Gasteiger charge is -2.32. The largest absolute Gasteiger partial charge is 0.487 e. The van der Waals surface area contributed by atoms with Crippen molar-refractivity contribution in [3.05, 3.63) is 83.9 Å². The van der Waals surface area contributed by atoms with E-state index in [0.29, 0.717) is 12.6 Å². The standard InChI is InChI=1S/C26H29N3O.2ClH/c27-22-9-5-7-20(17-22)14-16-28-15-6-10-23(28)18-29-24-11-2-1-8-21(24)19-30-26-13-4-3-12-25(26)29;;/h1-5,7-9,11-13,17,23H,6,10,14-16,18-19,27H2;2*1H/t23-;;/m1../s1. The number of rotatable bonds is 5. The molecule has 3 aromatic carbocycles. The minimum Gasteiger partial charge on any atom is -0.487 e. The molecular weight excluding hydrogens is 441 g/mol. The van der Waals surface area contributed by atoms with Gasteiger partial charge in [0.15, 0.2) is 0 Å². The van der Waals surface area contributed by atoms with Gasteiger partial charge in [-0.2, -0.15) is 0 Å². The third-order valence-electron chi connectivity index (χ3n) is 6.35. The van der Waals surface area contributed by atoms with Crippen molar-refractivity contribution in [3.8, 4) is 5.75 Å². The van der Waals surface area contributed by atoms with E-state index in [0.717, 1.165) is 30.9 Å². The van der Waals surface area contributed by atoms with E-state index in [1.807, 2.05) is 6.07 Å². The van der Waals surface area contributed by atoms with Crippen molar-refractivity contribution in [3.63, 3.8) is 0 Å². The minimum absolute atomic E-state index is 0. The second-order valence-corrected chi connectivity index (χ2v) is 8.32. The first-order chi connectivity index (χ1) is 14.8. The first kappa shape index (κ1) is 24.2. The van der Waals surface area contributed by atoms with Crippen molar-refractivity contribution in [2.45, 2.75) is 31.9 Å². The van der Waals surface area contributed by atoms with Crippen molar-refractivity contribution in [2.24, 2.45) is 0 Å². The van der Waals surface area contributed by atoms with Gasteiger partial charge < -0.3 is 15.4 Å². The number of anilines is 3. The number of nitrogens with zero attached hydrogens (tertiary/aromatic N) is 2. The molecule has 32 heavy (non-hydrogen) atoms. The summed E-state index contributed by atoms with van der Waals surface area (Å²) in [5.41, 5.74) is 11.8. The van der Waals surface area contributed by atoms with Crippen LogP contribution < -0.4 is 15.4 Å². The minimum atomic E-state index is 0. The molecule has 2 aliphatic heterocycles. The molecule has 1 saturated heterocycles. The molecule has 0 unspecified atom stereocenters. The Hall–Kier alpha value is -2.40. The van der Waals surface area contributed by atoms with Gasteiger partial charge in [-0.3, -0.25) is 4.90 Å². The van der Waals surface area contributed by atoms with Crippen molar-refractivity contribution in [2.75, 3.05) is 30.3 Å². The number of para-hydroxylation sites is 3. The van der Waals surface area contributed by atoms with Crippen molar-refractivity contribution in [1.29, 1.82) is 0 Å². The van der Waals surface area contributed by atoms with E-state index in [4.69, 9.17) is 10.5 Å². The second kappa shape index (κ2) is 11.0. The fraction of sp³-hybridized carbons (Fsp3) is 0.308. The topological polar surface area (TPSA) is 41.7 Å². The lowest BCUT2D eigenvalue weighted by Crippen LogP contribution is -2.39. The van der Waals surface area contributed by atoms with Gasteiger partial charge in [-0.25, -0.2) is 0 Å². The highest BCUT2D eigenvalue weighted by Gasteiger charge is 2.29. The maximum atomic E-state index is 6.15. The van der Waals surface area contributed by atoms with Crippen molar-refractivity contribution < 1.29 is 4.74 Å². The van der Waals surface area contributed by atoms with Crippen LogP contribution in [0.3, 0.4) is 0 Å².